The van der Waals surface area contributed by atoms with Crippen molar-refractivity contribution in [1.29, 1.82) is 0 Å². The first-order valence-electron chi connectivity index (χ1n) is 21.6. The molecule has 5 heteroatoms. The van der Waals surface area contributed by atoms with Gasteiger partial charge in [-0.25, -0.2) is 0 Å². The fourth-order valence-electron chi connectivity index (χ4n) is 9.76. The van der Waals surface area contributed by atoms with Crippen LogP contribution in [-0.2, 0) is 12.8 Å². The van der Waals surface area contributed by atoms with Gasteiger partial charge in [-0.15, -0.1) is 0 Å². The highest BCUT2D eigenvalue weighted by Gasteiger charge is 2.42. The Bertz CT molecular complexity index is 2970. The van der Waals surface area contributed by atoms with Gasteiger partial charge in [0.05, 0.1) is 34.5 Å². The molecule has 61 heavy (non-hydrogen) atoms. The molecule has 0 aliphatic rings. The number of aromatic nitrogens is 4. The Morgan fingerprint density at radius 1 is 0.377 bits per heavy atom. The summed E-state index contributed by atoms with van der Waals surface area (Å²) < 4.78 is 4.79. The van der Waals surface area contributed by atoms with Crippen molar-refractivity contribution in [2.75, 3.05) is 0 Å². The molecule has 0 amide bonds. The number of benzene rings is 6. The Morgan fingerprint density at radius 2 is 0.721 bits per heavy atom. The van der Waals surface area contributed by atoms with Crippen molar-refractivity contribution in [3.63, 3.8) is 0 Å². The predicted molar refractivity (Wildman–Crippen MR) is 261 cm³/mol. The van der Waals surface area contributed by atoms with Crippen LogP contribution in [0.4, 0.5) is 0 Å². The molecular weight excluding hydrogens is 757 g/mol. The van der Waals surface area contributed by atoms with Crippen molar-refractivity contribution in [2.24, 2.45) is 10.8 Å². The van der Waals surface area contributed by atoms with Crippen LogP contribution in [0.5, 0.6) is 0 Å². The van der Waals surface area contributed by atoms with Crippen molar-refractivity contribution in [3.05, 3.63) is 194 Å². The van der Waals surface area contributed by atoms with Crippen molar-refractivity contribution in [1.82, 2.24) is 19.1 Å². The van der Waals surface area contributed by atoms with Crippen LogP contribution >= 0.6 is 0 Å². The maximum absolute atomic E-state index is 5.07. The number of fused-ring (bicyclic) bond motifs is 6. The maximum Gasteiger partial charge on any atom is 0.179 e. The van der Waals surface area contributed by atoms with Crippen LogP contribution in [0, 0.1) is 10.8 Å². The van der Waals surface area contributed by atoms with E-state index in [1.165, 1.54) is 53.3 Å². The van der Waals surface area contributed by atoms with Crippen LogP contribution in [0.2, 0.25) is 0 Å². The minimum Gasteiger partial charge on any atom is -0.308 e. The predicted octanol–water partition coefficient (Wildman–Crippen LogP) is 11.2. The number of para-hydroxylation sites is 2. The van der Waals surface area contributed by atoms with Gasteiger partial charge in [-0.1, -0.05) is 163 Å². The SMILES string of the molecule is CC(C)(C)Cc1cc2c3cc([Si](c4ccccc4)(c4ccccc4)c4ccc5c(c4)c4cc(CC(C)(C)C)ncc4n5-c4ccccc4)ccc3n(-c3ccccc3)c2cn1. The Kier molecular flexibility index (Phi) is 9.41. The largest absolute Gasteiger partial charge is 0.308 e. The lowest BCUT2D eigenvalue weighted by atomic mass is 9.90. The van der Waals surface area contributed by atoms with E-state index in [2.05, 4.69) is 233 Å². The Balaban J connectivity index is 1.31. The molecule has 4 heterocycles. The highest BCUT2D eigenvalue weighted by molar-refractivity contribution is 7.20. The molecule has 0 bridgehead atoms. The van der Waals surface area contributed by atoms with E-state index in [-0.39, 0.29) is 10.8 Å². The number of nitrogens with zero attached hydrogens (tertiary/aromatic N) is 4. The summed E-state index contributed by atoms with van der Waals surface area (Å²) in [6.07, 6.45) is 6.00. The van der Waals surface area contributed by atoms with Gasteiger partial charge in [-0.3, -0.25) is 9.97 Å². The molecule has 0 fully saturated rings. The maximum atomic E-state index is 5.07. The van der Waals surface area contributed by atoms with E-state index in [1.807, 2.05) is 0 Å². The zero-order chi connectivity index (χ0) is 41.9. The molecule has 4 nitrogen and oxygen atoms in total. The van der Waals surface area contributed by atoms with Crippen LogP contribution < -0.4 is 20.7 Å². The topological polar surface area (TPSA) is 35.6 Å². The first-order chi connectivity index (χ1) is 29.5. The number of rotatable bonds is 8. The van der Waals surface area contributed by atoms with Crippen LogP contribution in [-0.4, -0.2) is 27.2 Å². The van der Waals surface area contributed by atoms with Crippen molar-refractivity contribution in [2.45, 2.75) is 54.4 Å². The normalized spacial score (nSPS) is 12.6. The van der Waals surface area contributed by atoms with Crippen LogP contribution in [0.15, 0.2) is 182 Å². The summed E-state index contributed by atoms with van der Waals surface area (Å²) in [5.74, 6) is 0. The molecule has 0 saturated heterocycles. The Hall–Kier alpha value is -6.56. The minimum absolute atomic E-state index is 0.109. The first kappa shape index (κ1) is 38.6. The molecule has 0 spiro atoms. The summed E-state index contributed by atoms with van der Waals surface area (Å²) in [6.45, 7) is 13.7. The van der Waals surface area contributed by atoms with E-state index < -0.39 is 8.07 Å². The van der Waals surface area contributed by atoms with Gasteiger partial charge < -0.3 is 9.13 Å². The molecule has 10 aromatic rings. The van der Waals surface area contributed by atoms with Crippen LogP contribution in [0.3, 0.4) is 0 Å². The Labute approximate surface area is 360 Å². The lowest BCUT2D eigenvalue weighted by molar-refractivity contribution is 0.406. The minimum atomic E-state index is -3.00. The fourth-order valence-corrected chi connectivity index (χ4v) is 14.5. The molecule has 0 aliphatic heterocycles. The second-order valence-electron chi connectivity index (χ2n) is 19.1. The standard InChI is InChI=1S/C56H52N4Si/c1-55(2,3)35-39-31-47-49-33-45(27-29-51(49)59(53(47)37-57-39)41-19-11-7-12-20-41)61(43-23-15-9-16-24-43,44-25-17-10-18-26-44)46-28-30-52-50(34-46)48-32-40(36-56(4,5)6)58-38-54(48)60(52)42-21-13-8-14-22-42/h7-34,37-38H,35-36H2,1-6H3. The highest BCUT2D eigenvalue weighted by atomic mass is 28.3. The lowest BCUT2D eigenvalue weighted by Crippen LogP contribution is -2.74. The molecule has 0 N–H and O–H groups in total. The van der Waals surface area contributed by atoms with E-state index in [0.717, 1.165) is 46.6 Å². The number of hydrogen-bond acceptors (Lipinski definition) is 2. The molecule has 4 aromatic heterocycles. The quantitative estimate of drug-likeness (QED) is 0.113. The summed E-state index contributed by atoms with van der Waals surface area (Å²) in [7, 11) is -3.00. The van der Waals surface area contributed by atoms with E-state index in [0.29, 0.717) is 0 Å². The number of hydrogen-bond donors (Lipinski definition) is 0. The monoisotopic (exact) mass is 808 g/mol. The van der Waals surface area contributed by atoms with E-state index in [1.54, 1.807) is 0 Å². The van der Waals surface area contributed by atoms with Gasteiger partial charge in [0.15, 0.2) is 8.07 Å². The van der Waals surface area contributed by atoms with E-state index in [4.69, 9.17) is 9.97 Å². The van der Waals surface area contributed by atoms with Gasteiger partial charge in [-0.2, -0.15) is 0 Å². The summed E-state index contributed by atoms with van der Waals surface area (Å²) in [4.78, 5) is 10.1. The molecule has 0 radical (unpaired) electrons. The van der Waals surface area contributed by atoms with Gasteiger partial charge in [0.25, 0.3) is 0 Å². The summed E-state index contributed by atoms with van der Waals surface area (Å²) in [5, 5.41) is 10.4. The van der Waals surface area contributed by atoms with Crippen molar-refractivity contribution in [3.8, 4) is 11.4 Å². The molecule has 6 aromatic carbocycles. The number of pyridine rings is 2. The second kappa shape index (κ2) is 14.9. The molecule has 0 atom stereocenters. The molecule has 0 aliphatic carbocycles. The van der Waals surface area contributed by atoms with Crippen LogP contribution in [0.25, 0.3) is 55.0 Å². The summed E-state index contributed by atoms with van der Waals surface area (Å²) in [6, 6.07) is 63.5. The highest BCUT2D eigenvalue weighted by Crippen LogP contribution is 2.35. The second-order valence-corrected chi connectivity index (χ2v) is 23.0. The van der Waals surface area contributed by atoms with E-state index >= 15 is 0 Å². The zero-order valence-electron chi connectivity index (χ0n) is 36.0. The zero-order valence-corrected chi connectivity index (χ0v) is 37.0. The van der Waals surface area contributed by atoms with Gasteiger partial charge >= 0.3 is 0 Å². The van der Waals surface area contributed by atoms with Gasteiger partial charge in [0.1, 0.15) is 0 Å². The first-order valence-corrected chi connectivity index (χ1v) is 23.6. The molecule has 0 saturated carbocycles. The van der Waals surface area contributed by atoms with E-state index in [9.17, 15) is 0 Å². The summed E-state index contributed by atoms with van der Waals surface area (Å²) in [5.41, 5.74) is 9.34. The van der Waals surface area contributed by atoms with Gasteiger partial charge in [-0.05, 0) is 92.9 Å². The van der Waals surface area contributed by atoms with Crippen molar-refractivity contribution < 1.29 is 0 Å². The van der Waals surface area contributed by atoms with Crippen LogP contribution in [0.1, 0.15) is 52.9 Å². The third kappa shape index (κ3) is 6.87. The average molecular weight is 809 g/mol. The summed E-state index contributed by atoms with van der Waals surface area (Å²) >= 11 is 0. The molecule has 10 rings (SSSR count). The molecular formula is C56H52N4Si. The van der Waals surface area contributed by atoms with Gasteiger partial charge in [0, 0.05) is 44.3 Å². The smallest absolute Gasteiger partial charge is 0.179 e. The third-order valence-corrected chi connectivity index (χ3v) is 16.9. The Morgan fingerprint density at radius 3 is 1.08 bits per heavy atom. The van der Waals surface area contributed by atoms with Crippen molar-refractivity contribution >= 4 is 72.4 Å². The average Bonchev–Trinajstić information content (AvgIpc) is 3.76. The molecule has 0 unspecified atom stereocenters. The third-order valence-electron chi connectivity index (χ3n) is 12.1. The molecule has 300 valence electrons. The fraction of sp³-hybridized carbons (Fsp3) is 0.179. The van der Waals surface area contributed by atoms with Gasteiger partial charge in [0.2, 0.25) is 0 Å². The lowest BCUT2D eigenvalue weighted by Gasteiger charge is -2.34.